The van der Waals surface area contributed by atoms with Crippen molar-refractivity contribution >= 4 is 5.91 Å². The van der Waals surface area contributed by atoms with Crippen molar-refractivity contribution in [1.29, 1.82) is 0 Å². The molecule has 1 aliphatic rings. The van der Waals surface area contributed by atoms with Gasteiger partial charge in [-0.1, -0.05) is 0 Å². The molecule has 0 aromatic heterocycles. The highest BCUT2D eigenvalue weighted by Gasteiger charge is 2.33. The molecule has 1 fully saturated rings. The summed E-state index contributed by atoms with van der Waals surface area (Å²) in [7, 11) is 0. The van der Waals surface area contributed by atoms with E-state index in [1.54, 1.807) is 6.92 Å². The number of halogens is 3. The molecule has 0 bridgehead atoms. The Labute approximate surface area is 80.0 Å². The number of nitrogens with one attached hydrogen (secondary N) is 2. The Hall–Kier alpha value is -0.780. The Morgan fingerprint density at radius 3 is 2.64 bits per heavy atom. The van der Waals surface area contributed by atoms with Crippen LogP contribution in [0.1, 0.15) is 13.3 Å². The zero-order chi connectivity index (χ0) is 10.8. The zero-order valence-electron chi connectivity index (χ0n) is 7.82. The predicted octanol–water partition coefficient (Wildman–Crippen LogP) is 0.663. The van der Waals surface area contributed by atoms with Gasteiger partial charge in [0, 0.05) is 6.04 Å². The summed E-state index contributed by atoms with van der Waals surface area (Å²) >= 11 is 0. The lowest BCUT2D eigenvalue weighted by molar-refractivity contribution is -0.140. The van der Waals surface area contributed by atoms with Gasteiger partial charge in [-0.15, -0.1) is 0 Å². The number of rotatable bonds is 2. The molecule has 2 atom stereocenters. The van der Waals surface area contributed by atoms with Gasteiger partial charge in [-0.25, -0.2) is 0 Å². The smallest absolute Gasteiger partial charge is 0.347 e. The third-order valence-corrected chi connectivity index (χ3v) is 2.33. The van der Waals surface area contributed by atoms with Crippen molar-refractivity contribution in [3.05, 3.63) is 0 Å². The summed E-state index contributed by atoms with van der Waals surface area (Å²) in [6.45, 7) is 1.24. The number of hydrogen-bond acceptors (Lipinski definition) is 2. The van der Waals surface area contributed by atoms with Gasteiger partial charge in [0.1, 0.15) is 6.54 Å². The van der Waals surface area contributed by atoms with Crippen molar-refractivity contribution in [2.24, 2.45) is 5.92 Å². The van der Waals surface area contributed by atoms with Crippen LogP contribution in [0, 0.1) is 5.92 Å². The summed E-state index contributed by atoms with van der Waals surface area (Å²) in [6, 6.07) is -0.0387. The highest BCUT2D eigenvalue weighted by Crippen LogP contribution is 2.17. The lowest BCUT2D eigenvalue weighted by Crippen LogP contribution is -2.40. The van der Waals surface area contributed by atoms with Crippen LogP contribution in [0.3, 0.4) is 0 Å². The first-order valence-corrected chi connectivity index (χ1v) is 4.48. The van der Waals surface area contributed by atoms with Gasteiger partial charge in [-0.3, -0.25) is 4.79 Å². The van der Waals surface area contributed by atoms with Gasteiger partial charge in [-0.05, 0) is 19.9 Å². The van der Waals surface area contributed by atoms with Crippen LogP contribution in [0.2, 0.25) is 0 Å². The Bertz CT molecular complexity index is 217. The Kier molecular flexibility index (Phi) is 3.36. The summed E-state index contributed by atoms with van der Waals surface area (Å²) in [6.07, 6.45) is -3.73. The van der Waals surface area contributed by atoms with E-state index in [0.717, 1.165) is 0 Å². The van der Waals surface area contributed by atoms with E-state index in [4.69, 9.17) is 0 Å². The summed E-state index contributed by atoms with van der Waals surface area (Å²) in [5.74, 6) is -0.850. The van der Waals surface area contributed by atoms with Gasteiger partial charge in [0.15, 0.2) is 0 Å². The summed E-state index contributed by atoms with van der Waals surface area (Å²) in [5, 5.41) is 4.90. The van der Waals surface area contributed by atoms with Crippen LogP contribution in [-0.4, -0.2) is 31.2 Å². The lowest BCUT2D eigenvalue weighted by atomic mass is 10.0. The summed E-state index contributed by atoms with van der Waals surface area (Å²) in [4.78, 5) is 11.3. The molecule has 6 heteroatoms. The second kappa shape index (κ2) is 4.16. The van der Waals surface area contributed by atoms with E-state index in [2.05, 4.69) is 5.32 Å². The van der Waals surface area contributed by atoms with Crippen molar-refractivity contribution in [2.45, 2.75) is 25.6 Å². The molecule has 0 spiro atoms. The normalized spacial score (nSPS) is 27.7. The van der Waals surface area contributed by atoms with Crippen molar-refractivity contribution in [3.8, 4) is 0 Å². The van der Waals surface area contributed by atoms with Crippen LogP contribution in [0.15, 0.2) is 0 Å². The average Bonchev–Trinajstić information content (AvgIpc) is 2.46. The maximum absolute atomic E-state index is 11.8. The predicted molar refractivity (Wildman–Crippen MR) is 44.6 cm³/mol. The first kappa shape index (κ1) is 11.3. The third-order valence-electron chi connectivity index (χ3n) is 2.33. The summed E-state index contributed by atoms with van der Waals surface area (Å²) < 4.78 is 35.3. The molecule has 0 radical (unpaired) electrons. The monoisotopic (exact) mass is 210 g/mol. The molecular formula is C8H13F3N2O. The van der Waals surface area contributed by atoms with Crippen LogP contribution >= 0.6 is 0 Å². The van der Waals surface area contributed by atoms with Crippen LogP contribution in [0.5, 0.6) is 0 Å². The standard InChI is InChI=1S/C8H13F3N2O/c1-5-6(2-3-12-5)7(14)13-4-8(9,10)11/h5-6,12H,2-4H2,1H3,(H,13,14). The second-order valence-corrected chi connectivity index (χ2v) is 3.47. The van der Waals surface area contributed by atoms with E-state index in [-0.39, 0.29) is 12.0 Å². The number of hydrogen-bond donors (Lipinski definition) is 2. The van der Waals surface area contributed by atoms with Gasteiger partial charge in [0.2, 0.25) is 5.91 Å². The Balaban J connectivity index is 2.35. The van der Waals surface area contributed by atoms with Crippen LogP contribution in [-0.2, 0) is 4.79 Å². The fourth-order valence-corrected chi connectivity index (χ4v) is 1.54. The lowest BCUT2D eigenvalue weighted by Gasteiger charge is -2.15. The number of carbonyl (C=O) groups is 1. The van der Waals surface area contributed by atoms with Gasteiger partial charge >= 0.3 is 6.18 Å². The molecule has 0 aliphatic carbocycles. The molecule has 0 aromatic rings. The van der Waals surface area contributed by atoms with Gasteiger partial charge in [-0.2, -0.15) is 13.2 Å². The molecule has 2 unspecified atom stereocenters. The molecule has 2 N–H and O–H groups in total. The minimum absolute atomic E-state index is 0.0387. The molecule has 1 saturated heterocycles. The van der Waals surface area contributed by atoms with Crippen molar-refractivity contribution in [2.75, 3.05) is 13.1 Å². The number of alkyl halides is 3. The quantitative estimate of drug-likeness (QED) is 0.703. The molecule has 1 rings (SSSR count). The van der Waals surface area contributed by atoms with Crippen molar-refractivity contribution < 1.29 is 18.0 Å². The molecule has 0 aromatic carbocycles. The van der Waals surface area contributed by atoms with E-state index in [1.165, 1.54) is 0 Å². The van der Waals surface area contributed by atoms with Gasteiger partial charge in [0.05, 0.1) is 5.92 Å². The average molecular weight is 210 g/mol. The zero-order valence-corrected chi connectivity index (χ0v) is 7.82. The maximum Gasteiger partial charge on any atom is 0.405 e. The topological polar surface area (TPSA) is 41.1 Å². The molecular weight excluding hydrogens is 197 g/mol. The molecule has 1 heterocycles. The van der Waals surface area contributed by atoms with E-state index < -0.39 is 18.6 Å². The first-order chi connectivity index (χ1) is 6.40. The highest BCUT2D eigenvalue weighted by atomic mass is 19.4. The molecule has 0 saturated carbocycles. The first-order valence-electron chi connectivity index (χ1n) is 4.48. The van der Waals surface area contributed by atoms with E-state index in [0.29, 0.717) is 13.0 Å². The molecule has 1 aliphatic heterocycles. The van der Waals surface area contributed by atoms with Gasteiger partial charge in [0.25, 0.3) is 0 Å². The largest absolute Gasteiger partial charge is 0.405 e. The minimum Gasteiger partial charge on any atom is -0.347 e. The Morgan fingerprint density at radius 2 is 2.21 bits per heavy atom. The van der Waals surface area contributed by atoms with E-state index in [9.17, 15) is 18.0 Å². The van der Waals surface area contributed by atoms with Crippen LogP contribution < -0.4 is 10.6 Å². The van der Waals surface area contributed by atoms with E-state index in [1.807, 2.05) is 5.32 Å². The molecule has 1 amide bonds. The summed E-state index contributed by atoms with van der Waals surface area (Å²) in [5.41, 5.74) is 0. The third kappa shape index (κ3) is 3.17. The minimum atomic E-state index is -4.33. The van der Waals surface area contributed by atoms with Crippen molar-refractivity contribution in [1.82, 2.24) is 10.6 Å². The highest BCUT2D eigenvalue weighted by molar-refractivity contribution is 5.79. The Morgan fingerprint density at radius 1 is 1.57 bits per heavy atom. The van der Waals surface area contributed by atoms with E-state index >= 15 is 0 Å². The molecule has 14 heavy (non-hydrogen) atoms. The SMILES string of the molecule is CC1NCCC1C(=O)NCC(F)(F)F. The fourth-order valence-electron chi connectivity index (χ4n) is 1.54. The fraction of sp³-hybridized carbons (Fsp3) is 0.875. The van der Waals surface area contributed by atoms with Crippen LogP contribution in [0.4, 0.5) is 13.2 Å². The number of amides is 1. The molecule has 3 nitrogen and oxygen atoms in total. The van der Waals surface area contributed by atoms with Crippen LogP contribution in [0.25, 0.3) is 0 Å². The second-order valence-electron chi connectivity index (χ2n) is 3.47. The van der Waals surface area contributed by atoms with Crippen molar-refractivity contribution in [3.63, 3.8) is 0 Å². The maximum atomic E-state index is 11.8. The van der Waals surface area contributed by atoms with Gasteiger partial charge < -0.3 is 10.6 Å². The number of carbonyl (C=O) groups excluding carboxylic acids is 1. The molecule has 82 valence electrons.